The molecular weight excluding hydrogens is 242 g/mol. The molecule has 1 aromatic rings. The van der Waals surface area contributed by atoms with Gasteiger partial charge in [-0.2, -0.15) is 0 Å². The molecule has 0 saturated heterocycles. The minimum absolute atomic E-state index is 0.140. The lowest BCUT2D eigenvalue weighted by Gasteiger charge is -2.18. The second-order valence-corrected chi connectivity index (χ2v) is 4.84. The van der Waals surface area contributed by atoms with Gasteiger partial charge in [0.05, 0.1) is 5.56 Å². The first-order valence-electron chi connectivity index (χ1n) is 6.00. The average molecular weight is 261 g/mol. The number of ketones is 1. The van der Waals surface area contributed by atoms with Gasteiger partial charge in [0, 0.05) is 25.7 Å². The number of aromatic carboxylic acids is 1. The molecule has 0 aliphatic heterocycles. The number of carboxylic acids is 1. The van der Waals surface area contributed by atoms with Gasteiger partial charge in [0.15, 0.2) is 5.78 Å². The Labute approximate surface area is 113 Å². The predicted octanol–water partition coefficient (Wildman–Crippen LogP) is 2.70. The van der Waals surface area contributed by atoms with Crippen molar-refractivity contribution < 1.29 is 14.7 Å². The fraction of sp³-hybridized carbons (Fsp3) is 0.333. The van der Waals surface area contributed by atoms with Gasteiger partial charge in [0.2, 0.25) is 0 Å². The molecule has 0 radical (unpaired) electrons. The zero-order valence-corrected chi connectivity index (χ0v) is 11.7. The molecule has 4 nitrogen and oxygen atoms in total. The molecule has 4 heteroatoms. The molecular formula is C15H19NO3. The highest BCUT2D eigenvalue weighted by molar-refractivity contribution is 6.01. The van der Waals surface area contributed by atoms with Gasteiger partial charge < -0.3 is 10.0 Å². The van der Waals surface area contributed by atoms with E-state index in [0.29, 0.717) is 11.1 Å². The van der Waals surface area contributed by atoms with Gasteiger partial charge in [0.25, 0.3) is 0 Å². The van der Waals surface area contributed by atoms with Crippen LogP contribution in [-0.4, -0.2) is 31.0 Å². The second kappa shape index (κ2) is 5.69. The van der Waals surface area contributed by atoms with Gasteiger partial charge in [-0.15, -0.1) is 0 Å². The molecule has 1 rings (SSSR count). The number of carboxylic acid groups (broad SMARTS) is 1. The van der Waals surface area contributed by atoms with Gasteiger partial charge in [0.1, 0.15) is 0 Å². The summed E-state index contributed by atoms with van der Waals surface area (Å²) in [7, 11) is 3.73. The summed E-state index contributed by atoms with van der Waals surface area (Å²) in [6.45, 7) is 6.97. The van der Waals surface area contributed by atoms with Crippen molar-refractivity contribution >= 4 is 17.4 Å². The van der Waals surface area contributed by atoms with Crippen LogP contribution >= 0.6 is 0 Å². The Morgan fingerprint density at radius 1 is 1.32 bits per heavy atom. The average Bonchev–Trinajstić information content (AvgIpc) is 2.35. The van der Waals surface area contributed by atoms with E-state index >= 15 is 0 Å². The number of allylic oxidation sites excluding steroid dienone is 1. The van der Waals surface area contributed by atoms with Gasteiger partial charge in [-0.3, -0.25) is 4.79 Å². The molecule has 1 N–H and O–H groups in total. The quantitative estimate of drug-likeness (QED) is 0.828. The van der Waals surface area contributed by atoms with Crippen LogP contribution < -0.4 is 4.90 Å². The zero-order valence-electron chi connectivity index (χ0n) is 11.7. The van der Waals surface area contributed by atoms with E-state index in [1.807, 2.05) is 19.0 Å². The highest BCUT2D eigenvalue weighted by Gasteiger charge is 2.22. The van der Waals surface area contributed by atoms with Crippen molar-refractivity contribution in [3.05, 3.63) is 41.5 Å². The zero-order chi connectivity index (χ0) is 14.7. The number of nitrogens with zero attached hydrogens (tertiary/aromatic N) is 1. The van der Waals surface area contributed by atoms with Gasteiger partial charge in [-0.1, -0.05) is 13.5 Å². The van der Waals surface area contributed by atoms with Crippen LogP contribution in [0.1, 0.15) is 35.7 Å². The van der Waals surface area contributed by atoms with Crippen LogP contribution in [-0.2, 0) is 4.79 Å². The molecule has 102 valence electrons. The van der Waals surface area contributed by atoms with Gasteiger partial charge >= 0.3 is 5.97 Å². The van der Waals surface area contributed by atoms with E-state index in [9.17, 15) is 14.7 Å². The number of anilines is 1. The molecule has 0 amide bonds. The van der Waals surface area contributed by atoms with Crippen LogP contribution in [0.5, 0.6) is 0 Å². The second-order valence-electron chi connectivity index (χ2n) is 4.84. The summed E-state index contributed by atoms with van der Waals surface area (Å²) in [6, 6.07) is 5.01. The Morgan fingerprint density at radius 2 is 1.89 bits per heavy atom. The lowest BCUT2D eigenvalue weighted by Crippen LogP contribution is -2.16. The molecule has 0 aliphatic carbocycles. The van der Waals surface area contributed by atoms with E-state index in [2.05, 4.69) is 6.58 Å². The van der Waals surface area contributed by atoms with E-state index < -0.39 is 11.9 Å². The third-order valence-electron chi connectivity index (χ3n) is 3.06. The number of rotatable bonds is 5. The van der Waals surface area contributed by atoms with Crippen LogP contribution in [0.2, 0.25) is 0 Å². The first kappa shape index (κ1) is 15.0. The van der Waals surface area contributed by atoms with E-state index in [1.165, 1.54) is 6.07 Å². The first-order chi connectivity index (χ1) is 8.75. The lowest BCUT2D eigenvalue weighted by molar-refractivity contribution is -0.116. The van der Waals surface area contributed by atoms with E-state index in [0.717, 1.165) is 5.69 Å². The summed E-state index contributed by atoms with van der Waals surface area (Å²) >= 11 is 0. The van der Waals surface area contributed by atoms with Crippen molar-refractivity contribution in [3.8, 4) is 0 Å². The SMILES string of the molecule is C=C(C)C(=O)C(C)c1cc(N(C)C)ccc1C(=O)O. The summed E-state index contributed by atoms with van der Waals surface area (Å²) in [5.74, 6) is -1.68. The number of carbonyl (C=O) groups is 2. The third kappa shape index (κ3) is 3.22. The van der Waals surface area contributed by atoms with Crippen molar-refractivity contribution in [3.63, 3.8) is 0 Å². The molecule has 0 saturated carbocycles. The number of benzene rings is 1. The molecule has 0 heterocycles. The van der Waals surface area contributed by atoms with Crippen molar-refractivity contribution in [2.75, 3.05) is 19.0 Å². The van der Waals surface area contributed by atoms with Crippen LogP contribution in [0.3, 0.4) is 0 Å². The molecule has 0 fully saturated rings. The van der Waals surface area contributed by atoms with E-state index in [1.54, 1.807) is 26.0 Å². The van der Waals surface area contributed by atoms with Crippen LogP contribution in [0.4, 0.5) is 5.69 Å². The third-order valence-corrected chi connectivity index (χ3v) is 3.06. The summed E-state index contributed by atoms with van der Waals surface area (Å²) < 4.78 is 0. The van der Waals surface area contributed by atoms with Crippen LogP contribution in [0.25, 0.3) is 0 Å². The molecule has 0 aliphatic rings. The predicted molar refractivity (Wildman–Crippen MR) is 76.0 cm³/mol. The Balaban J connectivity index is 3.36. The van der Waals surface area contributed by atoms with E-state index in [4.69, 9.17) is 0 Å². The standard InChI is InChI=1S/C15H19NO3/c1-9(2)14(17)10(3)13-8-11(16(4)5)6-7-12(13)15(18)19/h6-8,10H,1H2,2-5H3,(H,18,19). The number of Topliss-reactive ketones (excluding diaryl/α,β-unsaturated/α-hetero) is 1. The fourth-order valence-corrected chi connectivity index (χ4v) is 1.89. The van der Waals surface area contributed by atoms with Crippen molar-refractivity contribution in [2.24, 2.45) is 0 Å². The molecule has 1 atom stereocenters. The number of hydrogen-bond acceptors (Lipinski definition) is 3. The molecule has 0 bridgehead atoms. The van der Waals surface area contributed by atoms with E-state index in [-0.39, 0.29) is 11.3 Å². The monoisotopic (exact) mass is 261 g/mol. The minimum atomic E-state index is -1.03. The topological polar surface area (TPSA) is 57.6 Å². The summed E-state index contributed by atoms with van der Waals surface area (Å²) in [5, 5.41) is 9.22. The Hall–Kier alpha value is -2.10. The van der Waals surface area contributed by atoms with Crippen LogP contribution in [0, 0.1) is 0 Å². The molecule has 0 spiro atoms. The Kier molecular flexibility index (Phi) is 4.48. The number of carbonyl (C=O) groups excluding carboxylic acids is 1. The fourth-order valence-electron chi connectivity index (χ4n) is 1.89. The normalized spacial score (nSPS) is 11.8. The maximum Gasteiger partial charge on any atom is 0.335 e. The van der Waals surface area contributed by atoms with Crippen molar-refractivity contribution in [1.29, 1.82) is 0 Å². The van der Waals surface area contributed by atoms with Crippen molar-refractivity contribution in [2.45, 2.75) is 19.8 Å². The highest BCUT2D eigenvalue weighted by atomic mass is 16.4. The molecule has 19 heavy (non-hydrogen) atoms. The molecule has 0 aromatic heterocycles. The van der Waals surface area contributed by atoms with Crippen LogP contribution in [0.15, 0.2) is 30.4 Å². The maximum atomic E-state index is 12.0. The van der Waals surface area contributed by atoms with Gasteiger partial charge in [-0.05, 0) is 36.3 Å². The largest absolute Gasteiger partial charge is 0.478 e. The Morgan fingerprint density at radius 3 is 2.32 bits per heavy atom. The van der Waals surface area contributed by atoms with Crippen molar-refractivity contribution in [1.82, 2.24) is 0 Å². The Bertz CT molecular complexity index is 532. The summed E-state index contributed by atoms with van der Waals surface area (Å²) in [5.41, 5.74) is 1.97. The summed E-state index contributed by atoms with van der Waals surface area (Å²) in [6.07, 6.45) is 0. The highest BCUT2D eigenvalue weighted by Crippen LogP contribution is 2.27. The molecule has 1 aromatic carbocycles. The lowest BCUT2D eigenvalue weighted by atomic mass is 9.89. The van der Waals surface area contributed by atoms with Gasteiger partial charge in [-0.25, -0.2) is 4.79 Å². The minimum Gasteiger partial charge on any atom is -0.478 e. The first-order valence-corrected chi connectivity index (χ1v) is 6.00. The number of hydrogen-bond donors (Lipinski definition) is 1. The molecule has 1 unspecified atom stereocenters. The maximum absolute atomic E-state index is 12.0. The summed E-state index contributed by atoms with van der Waals surface area (Å²) in [4.78, 5) is 25.1. The smallest absolute Gasteiger partial charge is 0.335 e.